The van der Waals surface area contributed by atoms with Gasteiger partial charge in [0.15, 0.2) is 5.16 Å². The number of rotatable bonds is 7. The Morgan fingerprint density at radius 2 is 1.97 bits per heavy atom. The summed E-state index contributed by atoms with van der Waals surface area (Å²) in [6, 6.07) is 14.5. The number of carbonyl (C=O) groups is 2. The molecular weight excluding hydrogens is 458 g/mol. The van der Waals surface area contributed by atoms with Crippen molar-refractivity contribution < 1.29 is 14.3 Å². The van der Waals surface area contributed by atoms with Crippen LogP contribution in [0.4, 0.5) is 5.69 Å². The zero-order valence-corrected chi connectivity index (χ0v) is 19.6. The number of thioether (sulfide) groups is 1. The highest BCUT2D eigenvalue weighted by atomic mass is 32.2. The number of H-pyrrole nitrogens is 1. The van der Waals surface area contributed by atoms with E-state index in [0.29, 0.717) is 26.6 Å². The summed E-state index contributed by atoms with van der Waals surface area (Å²) in [5, 5.41) is 5.60. The monoisotopic (exact) mass is 479 g/mol. The highest BCUT2D eigenvalue weighted by Crippen LogP contribution is 2.31. The molecule has 168 valence electrons. The Kier molecular flexibility index (Phi) is 6.90. The number of ether oxygens (including phenoxy) is 1. The molecule has 0 spiro atoms. The number of esters is 1. The molecule has 0 atom stereocenters. The molecule has 0 saturated heterocycles. The first-order valence-electron chi connectivity index (χ1n) is 10.2. The third-order valence-electron chi connectivity index (χ3n) is 4.78. The number of benzene rings is 2. The van der Waals surface area contributed by atoms with Crippen LogP contribution >= 0.6 is 23.1 Å². The third kappa shape index (κ3) is 5.32. The van der Waals surface area contributed by atoms with Gasteiger partial charge in [0, 0.05) is 16.6 Å². The minimum Gasteiger partial charge on any atom is -0.462 e. The van der Waals surface area contributed by atoms with Crippen molar-refractivity contribution in [3.05, 3.63) is 75.4 Å². The van der Waals surface area contributed by atoms with Gasteiger partial charge in [0.2, 0.25) is 5.91 Å². The van der Waals surface area contributed by atoms with E-state index in [4.69, 9.17) is 4.74 Å². The first-order valence-corrected chi connectivity index (χ1v) is 12.1. The number of aromatic amines is 1. The molecule has 0 aliphatic rings. The Bertz CT molecular complexity index is 1380. The van der Waals surface area contributed by atoms with Crippen molar-refractivity contribution in [2.45, 2.75) is 19.0 Å². The van der Waals surface area contributed by atoms with Crippen LogP contribution in [0.2, 0.25) is 0 Å². The predicted molar refractivity (Wildman–Crippen MR) is 132 cm³/mol. The van der Waals surface area contributed by atoms with E-state index in [-0.39, 0.29) is 23.8 Å². The molecule has 2 aromatic carbocycles. The average Bonchev–Trinajstić information content (AvgIpc) is 3.23. The maximum Gasteiger partial charge on any atom is 0.338 e. The Hall–Kier alpha value is -3.43. The summed E-state index contributed by atoms with van der Waals surface area (Å²) in [6.07, 6.45) is 0. The Balaban J connectivity index is 1.45. The van der Waals surface area contributed by atoms with Gasteiger partial charge in [-0.05, 0) is 37.6 Å². The van der Waals surface area contributed by atoms with Gasteiger partial charge < -0.3 is 15.0 Å². The Morgan fingerprint density at radius 3 is 2.73 bits per heavy atom. The van der Waals surface area contributed by atoms with Gasteiger partial charge >= 0.3 is 5.97 Å². The van der Waals surface area contributed by atoms with E-state index >= 15 is 0 Å². The van der Waals surface area contributed by atoms with Gasteiger partial charge in [0.1, 0.15) is 4.83 Å². The lowest BCUT2D eigenvalue weighted by molar-refractivity contribution is -0.113. The maximum atomic E-state index is 12.8. The molecule has 0 saturated carbocycles. The van der Waals surface area contributed by atoms with E-state index in [1.165, 1.54) is 11.3 Å². The van der Waals surface area contributed by atoms with Gasteiger partial charge in [-0.3, -0.25) is 9.59 Å². The number of aromatic nitrogens is 2. The molecule has 1 amide bonds. The largest absolute Gasteiger partial charge is 0.462 e. The molecule has 33 heavy (non-hydrogen) atoms. The van der Waals surface area contributed by atoms with E-state index in [1.807, 2.05) is 36.6 Å². The summed E-state index contributed by atoms with van der Waals surface area (Å²) in [5.74, 6) is -0.678. The van der Waals surface area contributed by atoms with E-state index in [0.717, 1.165) is 28.5 Å². The first kappa shape index (κ1) is 22.8. The lowest BCUT2D eigenvalue weighted by atomic mass is 10.1. The highest BCUT2D eigenvalue weighted by Gasteiger charge is 2.14. The highest BCUT2D eigenvalue weighted by molar-refractivity contribution is 7.99. The van der Waals surface area contributed by atoms with Crippen LogP contribution in [0, 0.1) is 6.92 Å². The number of anilines is 1. The van der Waals surface area contributed by atoms with Gasteiger partial charge in [-0.2, -0.15) is 0 Å². The molecule has 0 aliphatic carbocycles. The summed E-state index contributed by atoms with van der Waals surface area (Å²) in [4.78, 5) is 44.9. The molecular formula is C24H21N3O4S2. The predicted octanol–water partition coefficient (Wildman–Crippen LogP) is 4.87. The van der Waals surface area contributed by atoms with Crippen LogP contribution in [0.25, 0.3) is 21.3 Å². The summed E-state index contributed by atoms with van der Waals surface area (Å²) in [7, 11) is 0. The summed E-state index contributed by atoms with van der Waals surface area (Å²) in [6.45, 7) is 4.02. The van der Waals surface area contributed by atoms with Crippen LogP contribution in [0.15, 0.2) is 63.9 Å². The molecule has 2 aromatic heterocycles. The molecule has 2 N–H and O–H groups in total. The number of nitrogens with zero attached hydrogens (tertiary/aromatic N) is 1. The molecule has 2 heterocycles. The minimum absolute atomic E-state index is 0.0499. The molecule has 9 heteroatoms. The lowest BCUT2D eigenvalue weighted by Crippen LogP contribution is -2.16. The Labute approximate surface area is 198 Å². The Morgan fingerprint density at radius 1 is 1.18 bits per heavy atom. The van der Waals surface area contributed by atoms with E-state index in [2.05, 4.69) is 15.3 Å². The normalized spacial score (nSPS) is 10.8. The molecule has 4 rings (SSSR count). The van der Waals surface area contributed by atoms with Crippen molar-refractivity contribution in [2.24, 2.45) is 0 Å². The smallest absolute Gasteiger partial charge is 0.338 e. The van der Waals surface area contributed by atoms with Crippen molar-refractivity contribution in [3.63, 3.8) is 0 Å². The van der Waals surface area contributed by atoms with Crippen LogP contribution < -0.4 is 10.9 Å². The lowest BCUT2D eigenvalue weighted by Gasteiger charge is -2.07. The zero-order valence-electron chi connectivity index (χ0n) is 18.0. The molecule has 0 bridgehead atoms. The summed E-state index contributed by atoms with van der Waals surface area (Å²) in [5.41, 5.74) is 3.57. The van der Waals surface area contributed by atoms with Crippen LogP contribution in [0.5, 0.6) is 0 Å². The number of hydrogen-bond donors (Lipinski definition) is 2. The molecule has 0 aliphatic heterocycles. The van der Waals surface area contributed by atoms with Crippen molar-refractivity contribution in [3.8, 4) is 11.1 Å². The number of aryl methyl sites for hydroxylation is 1. The zero-order chi connectivity index (χ0) is 23.4. The van der Waals surface area contributed by atoms with Crippen LogP contribution in [-0.2, 0) is 9.53 Å². The molecule has 0 unspecified atom stereocenters. The van der Waals surface area contributed by atoms with Gasteiger partial charge in [-0.1, -0.05) is 47.7 Å². The van der Waals surface area contributed by atoms with E-state index in [9.17, 15) is 14.4 Å². The van der Waals surface area contributed by atoms with Gasteiger partial charge in [-0.15, -0.1) is 11.3 Å². The first-order chi connectivity index (χ1) is 15.9. The van der Waals surface area contributed by atoms with Crippen LogP contribution in [0.3, 0.4) is 0 Å². The summed E-state index contributed by atoms with van der Waals surface area (Å²) < 4.78 is 4.98. The number of carbonyl (C=O) groups excluding carboxylic acids is 2. The van der Waals surface area contributed by atoms with Crippen molar-refractivity contribution in [2.75, 3.05) is 17.7 Å². The second kappa shape index (κ2) is 10.0. The SMILES string of the molecule is CCOC(=O)c1cccc(NC(=O)CSc2nc3scc(-c4ccc(C)cc4)c3c(=O)[nH]2)c1. The molecule has 0 radical (unpaired) electrons. The van der Waals surface area contributed by atoms with Gasteiger partial charge in [-0.25, -0.2) is 9.78 Å². The number of hydrogen-bond acceptors (Lipinski definition) is 7. The van der Waals surface area contributed by atoms with Crippen LogP contribution in [0.1, 0.15) is 22.8 Å². The number of amides is 1. The number of nitrogens with one attached hydrogen (secondary N) is 2. The standard InChI is InChI=1S/C24H21N3O4S2/c1-3-31-23(30)16-5-4-6-17(11-16)25-19(28)13-33-24-26-21(29)20-18(12-32-22(20)27-24)15-9-7-14(2)8-10-15/h4-12H,3,13H2,1-2H3,(H,25,28)(H,26,27,29). The second-order valence-corrected chi connectivity index (χ2v) is 9.03. The van der Waals surface area contributed by atoms with Crippen LogP contribution in [-0.4, -0.2) is 34.2 Å². The fraction of sp³-hybridized carbons (Fsp3) is 0.167. The topological polar surface area (TPSA) is 101 Å². The maximum absolute atomic E-state index is 12.8. The number of fused-ring (bicyclic) bond motifs is 1. The number of thiophene rings is 1. The fourth-order valence-electron chi connectivity index (χ4n) is 3.21. The molecule has 0 fully saturated rings. The van der Waals surface area contributed by atoms with Gasteiger partial charge in [0.25, 0.3) is 5.56 Å². The average molecular weight is 480 g/mol. The minimum atomic E-state index is -0.445. The van der Waals surface area contributed by atoms with Crippen molar-refractivity contribution in [1.29, 1.82) is 0 Å². The van der Waals surface area contributed by atoms with E-state index < -0.39 is 5.97 Å². The van der Waals surface area contributed by atoms with Crippen molar-refractivity contribution in [1.82, 2.24) is 9.97 Å². The van der Waals surface area contributed by atoms with Crippen molar-refractivity contribution >= 4 is 50.9 Å². The quantitative estimate of drug-likeness (QED) is 0.223. The molecule has 4 aromatic rings. The fourth-order valence-corrected chi connectivity index (χ4v) is 4.88. The third-order valence-corrected chi connectivity index (χ3v) is 6.53. The summed E-state index contributed by atoms with van der Waals surface area (Å²) >= 11 is 2.54. The van der Waals surface area contributed by atoms with E-state index in [1.54, 1.807) is 31.2 Å². The van der Waals surface area contributed by atoms with Gasteiger partial charge in [0.05, 0.1) is 23.3 Å². The second-order valence-electron chi connectivity index (χ2n) is 7.20. The molecule has 7 nitrogen and oxygen atoms in total.